The van der Waals surface area contributed by atoms with E-state index in [-0.39, 0.29) is 0 Å². The zero-order valence-corrected chi connectivity index (χ0v) is 9.96. The van der Waals surface area contributed by atoms with Gasteiger partial charge in [-0.1, -0.05) is 28.2 Å². The van der Waals surface area contributed by atoms with Gasteiger partial charge in [-0.15, -0.1) is 5.10 Å². The van der Waals surface area contributed by atoms with Crippen molar-refractivity contribution in [2.24, 2.45) is 5.73 Å². The Labute approximate surface area is 102 Å². The van der Waals surface area contributed by atoms with Gasteiger partial charge in [-0.2, -0.15) is 0 Å². The van der Waals surface area contributed by atoms with Crippen molar-refractivity contribution in [2.45, 2.75) is 13.2 Å². The molecule has 4 nitrogen and oxygen atoms in total. The van der Waals surface area contributed by atoms with E-state index in [1.165, 1.54) is 0 Å². The third-order valence-electron chi connectivity index (χ3n) is 2.04. The van der Waals surface area contributed by atoms with E-state index >= 15 is 0 Å². The van der Waals surface area contributed by atoms with E-state index < -0.39 is 0 Å². The lowest BCUT2D eigenvalue weighted by molar-refractivity contribution is 0.301. The summed E-state index contributed by atoms with van der Waals surface area (Å²) in [5, 5.41) is 3.86. The standard InChI is InChI=1S/C10H10ClN3OS/c11-10-9(13-14-16-10)6-15-8-3-1-7(5-12)2-4-8/h1-4H,5-6,12H2. The molecule has 0 atom stereocenters. The molecule has 0 spiro atoms. The summed E-state index contributed by atoms with van der Waals surface area (Å²) in [4.78, 5) is 0. The number of halogens is 1. The van der Waals surface area contributed by atoms with Crippen molar-refractivity contribution in [2.75, 3.05) is 0 Å². The molecule has 2 rings (SSSR count). The molecule has 0 saturated heterocycles. The maximum absolute atomic E-state index is 5.85. The highest BCUT2D eigenvalue weighted by atomic mass is 35.5. The number of hydrogen-bond donors (Lipinski definition) is 1. The number of rotatable bonds is 4. The molecule has 1 aromatic heterocycles. The fraction of sp³-hybridized carbons (Fsp3) is 0.200. The number of nitrogens with zero attached hydrogens (tertiary/aromatic N) is 2. The second-order valence-electron chi connectivity index (χ2n) is 3.13. The van der Waals surface area contributed by atoms with Crippen LogP contribution in [0.25, 0.3) is 0 Å². The Hall–Kier alpha value is -1.17. The smallest absolute Gasteiger partial charge is 0.141 e. The fourth-order valence-electron chi connectivity index (χ4n) is 1.16. The second-order valence-corrected chi connectivity index (χ2v) is 4.49. The summed E-state index contributed by atoms with van der Waals surface area (Å²) in [6.07, 6.45) is 0. The SMILES string of the molecule is NCc1ccc(OCc2nnsc2Cl)cc1. The van der Waals surface area contributed by atoms with E-state index in [9.17, 15) is 0 Å². The lowest BCUT2D eigenvalue weighted by Crippen LogP contribution is -1.98. The molecule has 0 aliphatic rings. The first-order valence-electron chi connectivity index (χ1n) is 4.68. The summed E-state index contributed by atoms with van der Waals surface area (Å²) in [5.41, 5.74) is 7.23. The molecule has 84 valence electrons. The molecule has 2 aromatic rings. The zero-order chi connectivity index (χ0) is 11.4. The highest BCUT2D eigenvalue weighted by molar-refractivity contribution is 7.10. The van der Waals surface area contributed by atoms with Gasteiger partial charge >= 0.3 is 0 Å². The maximum Gasteiger partial charge on any atom is 0.141 e. The first kappa shape index (κ1) is 11.3. The number of aromatic nitrogens is 2. The van der Waals surface area contributed by atoms with Crippen molar-refractivity contribution in [3.63, 3.8) is 0 Å². The minimum Gasteiger partial charge on any atom is -0.487 e. The molecule has 0 radical (unpaired) electrons. The predicted molar refractivity (Wildman–Crippen MR) is 63.6 cm³/mol. The zero-order valence-electron chi connectivity index (χ0n) is 8.39. The summed E-state index contributed by atoms with van der Waals surface area (Å²) < 4.78 is 9.80. The molecule has 0 unspecified atom stereocenters. The number of hydrogen-bond acceptors (Lipinski definition) is 5. The van der Waals surface area contributed by atoms with E-state index in [4.69, 9.17) is 22.1 Å². The van der Waals surface area contributed by atoms with Gasteiger partial charge in [0.25, 0.3) is 0 Å². The van der Waals surface area contributed by atoms with Crippen LogP contribution in [-0.4, -0.2) is 9.59 Å². The van der Waals surface area contributed by atoms with Crippen LogP contribution in [-0.2, 0) is 13.2 Å². The van der Waals surface area contributed by atoms with Crippen LogP contribution in [0, 0.1) is 0 Å². The molecule has 0 fully saturated rings. The van der Waals surface area contributed by atoms with Crippen LogP contribution in [0.4, 0.5) is 0 Å². The molecular weight excluding hydrogens is 246 g/mol. The molecule has 0 amide bonds. The largest absolute Gasteiger partial charge is 0.487 e. The van der Waals surface area contributed by atoms with Gasteiger partial charge in [0, 0.05) is 18.1 Å². The normalized spacial score (nSPS) is 10.4. The quantitative estimate of drug-likeness (QED) is 0.910. The van der Waals surface area contributed by atoms with E-state index in [0.717, 1.165) is 22.8 Å². The Balaban J connectivity index is 1.97. The predicted octanol–water partition coefficient (Wildman–Crippen LogP) is 2.23. The molecule has 1 heterocycles. The van der Waals surface area contributed by atoms with Gasteiger partial charge in [-0.25, -0.2) is 0 Å². The molecule has 0 saturated carbocycles. The number of ether oxygens (including phenoxy) is 1. The minimum atomic E-state index is 0.331. The van der Waals surface area contributed by atoms with Crippen LogP contribution in [0.2, 0.25) is 4.34 Å². The average molecular weight is 256 g/mol. The maximum atomic E-state index is 5.85. The lowest BCUT2D eigenvalue weighted by Gasteiger charge is -2.04. The van der Waals surface area contributed by atoms with Gasteiger partial charge < -0.3 is 10.5 Å². The molecule has 2 N–H and O–H groups in total. The first-order chi connectivity index (χ1) is 7.79. The van der Waals surface area contributed by atoms with Gasteiger partial charge in [0.15, 0.2) is 0 Å². The minimum absolute atomic E-state index is 0.331. The van der Waals surface area contributed by atoms with Gasteiger partial charge in [0.2, 0.25) is 0 Å². The molecule has 1 aromatic carbocycles. The average Bonchev–Trinajstić information content (AvgIpc) is 2.73. The first-order valence-corrected chi connectivity index (χ1v) is 5.83. The molecule has 0 aliphatic heterocycles. The Morgan fingerprint density at radius 2 is 2.06 bits per heavy atom. The van der Waals surface area contributed by atoms with E-state index in [0.29, 0.717) is 23.2 Å². The van der Waals surface area contributed by atoms with Crippen LogP contribution < -0.4 is 10.5 Å². The van der Waals surface area contributed by atoms with Crippen LogP contribution in [0.1, 0.15) is 11.3 Å². The summed E-state index contributed by atoms with van der Waals surface area (Å²) >= 11 is 7.00. The summed E-state index contributed by atoms with van der Waals surface area (Å²) in [7, 11) is 0. The summed E-state index contributed by atoms with van der Waals surface area (Å²) in [5.74, 6) is 0.765. The van der Waals surface area contributed by atoms with Crippen molar-refractivity contribution in [1.29, 1.82) is 0 Å². The molecule has 0 aliphatic carbocycles. The van der Waals surface area contributed by atoms with Crippen LogP contribution in [0.5, 0.6) is 5.75 Å². The van der Waals surface area contributed by atoms with Crippen molar-refractivity contribution in [1.82, 2.24) is 9.59 Å². The molecule has 0 bridgehead atoms. The second kappa shape index (κ2) is 5.25. The van der Waals surface area contributed by atoms with Crippen LogP contribution in [0.15, 0.2) is 24.3 Å². The molecular formula is C10H10ClN3OS. The van der Waals surface area contributed by atoms with Gasteiger partial charge in [-0.3, -0.25) is 0 Å². The van der Waals surface area contributed by atoms with Gasteiger partial charge in [0.05, 0.1) is 0 Å². The van der Waals surface area contributed by atoms with E-state index in [1.807, 2.05) is 24.3 Å². The van der Waals surface area contributed by atoms with Crippen molar-refractivity contribution in [3.8, 4) is 5.75 Å². The van der Waals surface area contributed by atoms with E-state index in [1.54, 1.807) is 0 Å². The highest BCUT2D eigenvalue weighted by Crippen LogP contribution is 2.19. The Morgan fingerprint density at radius 1 is 1.31 bits per heavy atom. The highest BCUT2D eigenvalue weighted by Gasteiger charge is 2.05. The van der Waals surface area contributed by atoms with Gasteiger partial charge in [0.1, 0.15) is 22.4 Å². The summed E-state index contributed by atoms with van der Waals surface area (Å²) in [6.45, 7) is 0.861. The topological polar surface area (TPSA) is 61.0 Å². The monoisotopic (exact) mass is 255 g/mol. The van der Waals surface area contributed by atoms with Gasteiger partial charge in [-0.05, 0) is 17.7 Å². The third kappa shape index (κ3) is 2.69. The lowest BCUT2D eigenvalue weighted by atomic mass is 10.2. The van der Waals surface area contributed by atoms with Crippen molar-refractivity contribution >= 4 is 23.1 Å². The van der Waals surface area contributed by atoms with E-state index in [2.05, 4.69) is 9.59 Å². The van der Waals surface area contributed by atoms with Crippen molar-refractivity contribution < 1.29 is 4.74 Å². The summed E-state index contributed by atoms with van der Waals surface area (Å²) in [6, 6.07) is 7.60. The Bertz CT molecular complexity index is 457. The van der Waals surface area contributed by atoms with Crippen molar-refractivity contribution in [3.05, 3.63) is 39.9 Å². The fourth-order valence-corrected chi connectivity index (χ4v) is 1.76. The molecule has 6 heteroatoms. The number of benzene rings is 1. The van der Waals surface area contributed by atoms with Crippen LogP contribution in [0.3, 0.4) is 0 Å². The third-order valence-corrected chi connectivity index (χ3v) is 3.03. The Kier molecular flexibility index (Phi) is 3.71. The van der Waals surface area contributed by atoms with Crippen LogP contribution >= 0.6 is 23.1 Å². The Morgan fingerprint density at radius 3 is 2.62 bits per heavy atom. The molecule has 16 heavy (non-hydrogen) atoms. The number of nitrogens with two attached hydrogens (primary N) is 1.